The van der Waals surface area contributed by atoms with Crippen molar-refractivity contribution in [1.29, 1.82) is 0 Å². The van der Waals surface area contributed by atoms with E-state index in [1.54, 1.807) is 5.56 Å². The van der Waals surface area contributed by atoms with Gasteiger partial charge in [0.1, 0.15) is 0 Å². The molecule has 4 saturated carbocycles. The van der Waals surface area contributed by atoms with Gasteiger partial charge in [-0.1, -0.05) is 158 Å². The zero-order chi connectivity index (χ0) is 42.2. The van der Waals surface area contributed by atoms with Gasteiger partial charge in [-0.3, -0.25) is 0 Å². The monoisotopic (exact) mass is 822 g/mol. The van der Waals surface area contributed by atoms with Crippen molar-refractivity contribution in [1.82, 2.24) is 4.57 Å². The molecule has 14 rings (SSSR count). The fourth-order valence-corrected chi connectivity index (χ4v) is 12.9. The predicted molar refractivity (Wildman–Crippen MR) is 269 cm³/mol. The quantitative estimate of drug-likeness (QED) is 0.148. The van der Waals surface area contributed by atoms with E-state index >= 15 is 0 Å². The summed E-state index contributed by atoms with van der Waals surface area (Å²) in [5.41, 5.74) is 16.4. The SMILES string of the molecule is c1ccc(-c2cccc3cccc(-c4ccc(N(c5ccc(-c6ccc(C78CC9CC(CC(C9)C7)C8)cc6)cc5)c5ccc6c7ccccc7n(-c7ccccc7)c6c5)cc4)c23)cc1. The van der Waals surface area contributed by atoms with E-state index < -0.39 is 0 Å². The van der Waals surface area contributed by atoms with Crippen molar-refractivity contribution >= 4 is 49.6 Å². The Kier molecular flexibility index (Phi) is 8.76. The van der Waals surface area contributed by atoms with E-state index in [1.807, 2.05) is 0 Å². The lowest BCUT2D eigenvalue weighted by Gasteiger charge is -2.57. The molecule has 4 aliphatic carbocycles. The normalized spacial score (nSPS) is 20.0. The number of rotatable bonds is 8. The van der Waals surface area contributed by atoms with Crippen molar-refractivity contribution in [3.8, 4) is 39.1 Å². The van der Waals surface area contributed by atoms with E-state index in [2.05, 4.69) is 222 Å². The number of anilines is 3. The molecule has 10 aromatic rings. The molecule has 0 aliphatic heterocycles. The Morgan fingerprint density at radius 1 is 0.391 bits per heavy atom. The standard InChI is InChI=1S/C62H50N2/c1-3-11-47(12-4-1)55-18-9-13-49-14-10-19-56(61(49)55)48-25-31-53(32-26-48)63(54-33-34-58-57-17-7-8-20-59(57)64(60(58)38-54)51-15-5-2-6-16-51)52-29-23-46(24-30-52)45-21-27-50(28-22-45)62-39-42-35-43(40-62)37-44(36-42)41-62/h1-34,38,42-44H,35-37,39-41H2. The fourth-order valence-electron chi connectivity index (χ4n) is 12.9. The van der Waals surface area contributed by atoms with Gasteiger partial charge >= 0.3 is 0 Å². The van der Waals surface area contributed by atoms with Crippen LogP contribution in [0.3, 0.4) is 0 Å². The Hall–Kier alpha value is -7.16. The van der Waals surface area contributed by atoms with Crippen molar-refractivity contribution < 1.29 is 0 Å². The van der Waals surface area contributed by atoms with Crippen molar-refractivity contribution in [3.63, 3.8) is 0 Å². The molecule has 4 aliphatic rings. The van der Waals surface area contributed by atoms with Gasteiger partial charge in [0.25, 0.3) is 0 Å². The fraction of sp³-hybridized carbons (Fsp3) is 0.161. The molecule has 1 heterocycles. The number of hydrogen-bond donors (Lipinski definition) is 0. The molecule has 0 atom stereocenters. The number of para-hydroxylation sites is 2. The van der Waals surface area contributed by atoms with Crippen LogP contribution in [0.25, 0.3) is 71.6 Å². The Morgan fingerprint density at radius 2 is 0.891 bits per heavy atom. The molecule has 2 nitrogen and oxygen atoms in total. The van der Waals surface area contributed by atoms with Crippen LogP contribution in [0.15, 0.2) is 212 Å². The molecule has 2 heteroatoms. The number of hydrogen-bond acceptors (Lipinski definition) is 1. The van der Waals surface area contributed by atoms with Gasteiger partial charge in [-0.05, 0) is 166 Å². The average Bonchev–Trinajstić information content (AvgIpc) is 3.68. The summed E-state index contributed by atoms with van der Waals surface area (Å²) in [7, 11) is 0. The Balaban J connectivity index is 0.910. The highest BCUT2D eigenvalue weighted by Gasteiger charge is 2.51. The van der Waals surface area contributed by atoms with Crippen LogP contribution in [-0.4, -0.2) is 4.57 Å². The van der Waals surface area contributed by atoms with Crippen molar-refractivity contribution in [2.24, 2.45) is 17.8 Å². The van der Waals surface area contributed by atoms with Gasteiger partial charge in [0, 0.05) is 33.5 Å². The van der Waals surface area contributed by atoms with Gasteiger partial charge in [-0.15, -0.1) is 0 Å². The predicted octanol–water partition coefficient (Wildman–Crippen LogP) is 16.9. The van der Waals surface area contributed by atoms with E-state index in [1.165, 1.54) is 104 Å². The Morgan fingerprint density at radius 3 is 1.52 bits per heavy atom. The first-order valence-corrected chi connectivity index (χ1v) is 23.4. The van der Waals surface area contributed by atoms with Crippen LogP contribution >= 0.6 is 0 Å². The van der Waals surface area contributed by atoms with E-state index in [9.17, 15) is 0 Å². The number of nitrogens with zero attached hydrogens (tertiary/aromatic N) is 2. The maximum Gasteiger partial charge on any atom is 0.0561 e. The molecule has 0 amide bonds. The molecule has 0 N–H and O–H groups in total. The Labute approximate surface area is 376 Å². The summed E-state index contributed by atoms with van der Waals surface area (Å²) < 4.78 is 2.41. The smallest absolute Gasteiger partial charge is 0.0561 e. The van der Waals surface area contributed by atoms with Gasteiger partial charge in [-0.2, -0.15) is 0 Å². The largest absolute Gasteiger partial charge is 0.310 e. The van der Waals surface area contributed by atoms with Crippen LogP contribution in [0.5, 0.6) is 0 Å². The van der Waals surface area contributed by atoms with Gasteiger partial charge in [0.05, 0.1) is 11.0 Å². The highest BCUT2D eigenvalue weighted by molar-refractivity contribution is 6.10. The first-order valence-electron chi connectivity index (χ1n) is 23.4. The molecule has 4 bridgehead atoms. The number of benzene rings is 9. The minimum absolute atomic E-state index is 0.415. The molecule has 4 fully saturated rings. The molecule has 9 aromatic carbocycles. The minimum atomic E-state index is 0.415. The van der Waals surface area contributed by atoms with E-state index in [-0.39, 0.29) is 0 Å². The second-order valence-corrected chi connectivity index (χ2v) is 19.2. The van der Waals surface area contributed by atoms with Crippen molar-refractivity contribution in [2.75, 3.05) is 4.90 Å². The third-order valence-corrected chi connectivity index (χ3v) is 15.4. The maximum absolute atomic E-state index is 2.48. The van der Waals surface area contributed by atoms with Gasteiger partial charge in [0.15, 0.2) is 0 Å². The summed E-state index contributed by atoms with van der Waals surface area (Å²) in [5.74, 6) is 2.85. The highest BCUT2D eigenvalue weighted by atomic mass is 15.1. The lowest BCUT2D eigenvalue weighted by atomic mass is 9.48. The highest BCUT2D eigenvalue weighted by Crippen LogP contribution is 2.61. The van der Waals surface area contributed by atoms with Crippen LogP contribution < -0.4 is 4.90 Å². The third-order valence-electron chi connectivity index (χ3n) is 15.4. The lowest BCUT2D eigenvalue weighted by molar-refractivity contribution is -0.00518. The zero-order valence-electron chi connectivity index (χ0n) is 36.1. The average molecular weight is 823 g/mol. The number of aromatic nitrogens is 1. The summed E-state index contributed by atoms with van der Waals surface area (Å²) in [4.78, 5) is 2.43. The molecule has 0 spiro atoms. The topological polar surface area (TPSA) is 8.17 Å². The lowest BCUT2D eigenvalue weighted by Crippen LogP contribution is -2.48. The molecule has 1 aromatic heterocycles. The van der Waals surface area contributed by atoms with Crippen LogP contribution in [0, 0.1) is 17.8 Å². The molecule has 0 unspecified atom stereocenters. The van der Waals surface area contributed by atoms with Gasteiger partial charge < -0.3 is 9.47 Å². The second-order valence-electron chi connectivity index (χ2n) is 19.2. The summed E-state index contributed by atoms with van der Waals surface area (Å²) in [5, 5.41) is 5.03. The second kappa shape index (κ2) is 15.0. The summed E-state index contributed by atoms with van der Waals surface area (Å²) >= 11 is 0. The van der Waals surface area contributed by atoms with E-state index in [4.69, 9.17) is 0 Å². The first kappa shape index (κ1) is 37.4. The zero-order valence-corrected chi connectivity index (χ0v) is 36.1. The van der Waals surface area contributed by atoms with Gasteiger partial charge in [0.2, 0.25) is 0 Å². The molecular formula is C62H50N2. The van der Waals surface area contributed by atoms with Gasteiger partial charge in [-0.25, -0.2) is 0 Å². The summed E-state index contributed by atoms with van der Waals surface area (Å²) in [6, 6.07) is 78.9. The minimum Gasteiger partial charge on any atom is -0.310 e. The molecular weight excluding hydrogens is 773 g/mol. The van der Waals surface area contributed by atoms with Crippen molar-refractivity contribution in [2.45, 2.75) is 43.9 Å². The summed E-state index contributed by atoms with van der Waals surface area (Å²) in [6.07, 6.45) is 8.65. The first-order chi connectivity index (χ1) is 31.6. The molecule has 308 valence electrons. The molecule has 0 radical (unpaired) electrons. The maximum atomic E-state index is 2.48. The van der Waals surface area contributed by atoms with Crippen LogP contribution in [0.4, 0.5) is 17.1 Å². The summed E-state index contributed by atoms with van der Waals surface area (Å²) in [6.45, 7) is 0. The van der Waals surface area contributed by atoms with E-state index in [0.717, 1.165) is 40.5 Å². The van der Waals surface area contributed by atoms with Crippen LogP contribution in [-0.2, 0) is 5.41 Å². The molecule has 64 heavy (non-hydrogen) atoms. The van der Waals surface area contributed by atoms with Crippen LogP contribution in [0.1, 0.15) is 44.1 Å². The number of fused-ring (bicyclic) bond motifs is 4. The Bertz CT molecular complexity index is 3280. The third kappa shape index (κ3) is 6.22. The van der Waals surface area contributed by atoms with Crippen molar-refractivity contribution in [3.05, 3.63) is 218 Å². The van der Waals surface area contributed by atoms with Crippen LogP contribution in [0.2, 0.25) is 0 Å². The molecule has 0 saturated heterocycles. The van der Waals surface area contributed by atoms with E-state index in [0.29, 0.717) is 5.41 Å².